The Labute approximate surface area is 121 Å². The summed E-state index contributed by atoms with van der Waals surface area (Å²) in [6.45, 7) is 1.28. The molecule has 4 aliphatic rings. The Kier molecular flexibility index (Phi) is 4.04. The molecule has 0 aromatic heterocycles. The lowest BCUT2D eigenvalue weighted by Crippen LogP contribution is -2.51. The van der Waals surface area contributed by atoms with Crippen molar-refractivity contribution in [2.45, 2.75) is 51.0 Å². The summed E-state index contributed by atoms with van der Waals surface area (Å²) in [5.41, 5.74) is 5.98. The van der Waals surface area contributed by atoms with Crippen LogP contribution in [0.25, 0.3) is 0 Å². The maximum absolute atomic E-state index is 12.0. The van der Waals surface area contributed by atoms with Crippen molar-refractivity contribution in [1.29, 1.82) is 0 Å². The lowest BCUT2D eigenvalue weighted by molar-refractivity contribution is -0.125. The fourth-order valence-electron chi connectivity index (χ4n) is 5.33. The Morgan fingerprint density at radius 1 is 1.25 bits per heavy atom. The fourth-order valence-corrected chi connectivity index (χ4v) is 5.33. The van der Waals surface area contributed by atoms with Crippen LogP contribution in [-0.4, -0.2) is 32.2 Å². The Bertz CT molecular complexity index is 330. The van der Waals surface area contributed by atoms with Gasteiger partial charge >= 0.3 is 0 Å². The van der Waals surface area contributed by atoms with E-state index in [9.17, 15) is 4.79 Å². The fraction of sp³-hybridized carbons (Fsp3) is 0.938. The van der Waals surface area contributed by atoms with Gasteiger partial charge in [-0.05, 0) is 61.7 Å². The van der Waals surface area contributed by atoms with Crippen molar-refractivity contribution < 1.29 is 9.53 Å². The van der Waals surface area contributed by atoms with Crippen molar-refractivity contribution in [1.82, 2.24) is 5.32 Å². The number of carbonyl (C=O) groups is 1. The van der Waals surface area contributed by atoms with Crippen LogP contribution in [0, 0.1) is 23.2 Å². The number of nitrogens with two attached hydrogens (primary N) is 1. The maximum Gasteiger partial charge on any atom is 0.222 e. The van der Waals surface area contributed by atoms with E-state index in [1.165, 1.54) is 38.5 Å². The van der Waals surface area contributed by atoms with E-state index in [0.717, 1.165) is 24.3 Å². The van der Waals surface area contributed by atoms with E-state index in [0.29, 0.717) is 18.4 Å². The first-order valence-electron chi connectivity index (χ1n) is 8.12. The summed E-state index contributed by atoms with van der Waals surface area (Å²) in [6, 6.07) is 0. The van der Waals surface area contributed by atoms with Crippen molar-refractivity contribution in [2.75, 3.05) is 20.2 Å². The zero-order valence-corrected chi connectivity index (χ0v) is 12.6. The van der Waals surface area contributed by atoms with Crippen LogP contribution in [-0.2, 0) is 9.53 Å². The molecular formula is C16H28N2O2. The maximum atomic E-state index is 12.0. The first-order valence-corrected chi connectivity index (χ1v) is 8.12. The van der Waals surface area contributed by atoms with E-state index in [1.54, 1.807) is 7.11 Å². The van der Waals surface area contributed by atoms with Gasteiger partial charge in [0.2, 0.25) is 5.91 Å². The summed E-state index contributed by atoms with van der Waals surface area (Å²) in [7, 11) is 1.61. The van der Waals surface area contributed by atoms with Gasteiger partial charge in [0.15, 0.2) is 0 Å². The second kappa shape index (κ2) is 5.64. The van der Waals surface area contributed by atoms with Crippen LogP contribution in [0.1, 0.15) is 44.9 Å². The minimum absolute atomic E-state index is 0.0954. The normalized spacial score (nSPS) is 39.8. The summed E-state index contributed by atoms with van der Waals surface area (Å²) in [5, 5.41) is 3.16. The molecule has 4 saturated carbocycles. The number of amides is 1. The number of rotatable bonds is 6. The molecule has 3 N–H and O–H groups in total. The molecule has 0 saturated heterocycles. The molecule has 1 unspecified atom stereocenters. The Morgan fingerprint density at radius 2 is 1.80 bits per heavy atom. The molecule has 0 radical (unpaired) electrons. The van der Waals surface area contributed by atoms with E-state index >= 15 is 0 Å². The monoisotopic (exact) mass is 280 g/mol. The molecule has 20 heavy (non-hydrogen) atoms. The van der Waals surface area contributed by atoms with Gasteiger partial charge in [-0.15, -0.1) is 0 Å². The van der Waals surface area contributed by atoms with E-state index in [2.05, 4.69) is 5.32 Å². The van der Waals surface area contributed by atoms with E-state index in [4.69, 9.17) is 10.5 Å². The van der Waals surface area contributed by atoms with Gasteiger partial charge in [0.1, 0.15) is 0 Å². The number of hydrogen-bond donors (Lipinski definition) is 2. The van der Waals surface area contributed by atoms with Gasteiger partial charge in [0.25, 0.3) is 0 Å². The lowest BCUT2D eigenvalue weighted by Gasteiger charge is -2.56. The van der Waals surface area contributed by atoms with Crippen LogP contribution in [0.2, 0.25) is 0 Å². The predicted octanol–water partition coefficient (Wildman–Crippen LogP) is 1.68. The molecule has 4 heteroatoms. The van der Waals surface area contributed by atoms with E-state index in [1.807, 2.05) is 0 Å². The highest BCUT2D eigenvalue weighted by molar-refractivity contribution is 5.76. The van der Waals surface area contributed by atoms with Gasteiger partial charge in [0.05, 0.1) is 12.5 Å². The van der Waals surface area contributed by atoms with Gasteiger partial charge < -0.3 is 15.8 Å². The molecule has 4 aliphatic carbocycles. The van der Waals surface area contributed by atoms with Crippen molar-refractivity contribution >= 4 is 5.91 Å². The van der Waals surface area contributed by atoms with E-state index < -0.39 is 0 Å². The van der Waals surface area contributed by atoms with Gasteiger partial charge in [-0.1, -0.05) is 0 Å². The van der Waals surface area contributed by atoms with Gasteiger partial charge in [0, 0.05) is 20.2 Å². The highest BCUT2D eigenvalue weighted by atomic mass is 16.5. The zero-order chi connectivity index (χ0) is 14.2. The van der Waals surface area contributed by atoms with E-state index in [-0.39, 0.29) is 12.0 Å². The van der Waals surface area contributed by atoms with Crippen LogP contribution in [0.15, 0.2) is 0 Å². The molecule has 4 bridgehead atoms. The summed E-state index contributed by atoms with van der Waals surface area (Å²) >= 11 is 0. The summed E-state index contributed by atoms with van der Waals surface area (Å²) < 4.78 is 5.18. The second-order valence-corrected chi connectivity index (χ2v) is 7.49. The molecule has 1 atom stereocenters. The highest BCUT2D eigenvalue weighted by Crippen LogP contribution is 2.59. The van der Waals surface area contributed by atoms with Crippen molar-refractivity contribution in [3.05, 3.63) is 0 Å². The number of nitrogens with one attached hydrogen (secondary N) is 1. The first-order chi connectivity index (χ1) is 9.62. The molecule has 0 aromatic carbocycles. The molecule has 1 amide bonds. The third-order valence-corrected chi connectivity index (χ3v) is 5.83. The first kappa shape index (κ1) is 14.3. The molecule has 114 valence electrons. The van der Waals surface area contributed by atoms with Crippen LogP contribution in [0.4, 0.5) is 0 Å². The minimum atomic E-state index is -0.147. The van der Waals surface area contributed by atoms with Gasteiger partial charge in [-0.25, -0.2) is 0 Å². The third kappa shape index (κ3) is 2.86. The molecule has 0 aliphatic heterocycles. The second-order valence-electron chi connectivity index (χ2n) is 7.49. The summed E-state index contributed by atoms with van der Waals surface area (Å²) in [5.74, 6) is 2.91. The Balaban J connectivity index is 1.52. The Hall–Kier alpha value is -0.610. The standard InChI is InChI=1S/C16H28N2O2/c1-20-14(9-17)5-15(19)18-10-16-6-11-2-12(7-16)4-13(3-11)8-16/h11-14H,2-10,17H2,1H3,(H,18,19). The molecule has 0 aromatic rings. The van der Waals surface area contributed by atoms with Crippen LogP contribution in [0.5, 0.6) is 0 Å². The molecule has 0 spiro atoms. The lowest BCUT2D eigenvalue weighted by atomic mass is 9.49. The predicted molar refractivity (Wildman–Crippen MR) is 78.1 cm³/mol. The third-order valence-electron chi connectivity index (χ3n) is 5.83. The van der Waals surface area contributed by atoms with Gasteiger partial charge in [-0.3, -0.25) is 4.79 Å². The van der Waals surface area contributed by atoms with Crippen molar-refractivity contribution in [2.24, 2.45) is 28.9 Å². The van der Waals surface area contributed by atoms with Crippen LogP contribution < -0.4 is 11.1 Å². The van der Waals surface area contributed by atoms with Gasteiger partial charge in [-0.2, -0.15) is 0 Å². The largest absolute Gasteiger partial charge is 0.380 e. The van der Waals surface area contributed by atoms with Crippen molar-refractivity contribution in [3.8, 4) is 0 Å². The quantitative estimate of drug-likeness (QED) is 0.778. The number of ether oxygens (including phenoxy) is 1. The van der Waals surface area contributed by atoms with Crippen LogP contribution >= 0.6 is 0 Å². The molecule has 0 heterocycles. The summed E-state index contributed by atoms with van der Waals surface area (Å²) in [4.78, 5) is 12.0. The van der Waals surface area contributed by atoms with Crippen molar-refractivity contribution in [3.63, 3.8) is 0 Å². The molecular weight excluding hydrogens is 252 g/mol. The zero-order valence-electron chi connectivity index (χ0n) is 12.6. The van der Waals surface area contributed by atoms with Crippen LogP contribution in [0.3, 0.4) is 0 Å². The average molecular weight is 280 g/mol. The topological polar surface area (TPSA) is 64.3 Å². The molecule has 4 fully saturated rings. The highest BCUT2D eigenvalue weighted by Gasteiger charge is 2.50. The number of carbonyl (C=O) groups excluding carboxylic acids is 1. The molecule has 4 rings (SSSR count). The average Bonchev–Trinajstić information content (AvgIpc) is 2.41. The number of hydrogen-bond acceptors (Lipinski definition) is 3. The minimum Gasteiger partial charge on any atom is -0.380 e. The molecule has 4 nitrogen and oxygen atoms in total. The SMILES string of the molecule is COC(CN)CC(=O)NCC12CC3CC(CC(C3)C1)C2. The number of methoxy groups -OCH3 is 1. The smallest absolute Gasteiger partial charge is 0.222 e. The summed E-state index contributed by atoms with van der Waals surface area (Å²) in [6.07, 6.45) is 8.60. The Morgan fingerprint density at radius 3 is 2.25 bits per heavy atom.